The lowest BCUT2D eigenvalue weighted by Gasteiger charge is -2.11. The normalized spacial score (nSPS) is 15.1. The van der Waals surface area contributed by atoms with Gasteiger partial charge in [0.25, 0.3) is 0 Å². The number of nitrogens with one attached hydrogen (secondary N) is 1. The standard InChI is InChI=1S/C11H8ClNO/c12-8-3-2-7-9(14)4-1-6-5-13-11(8)10(6)7/h2-3,5,13H,1,4H2. The number of hydrogen-bond acceptors (Lipinski definition) is 1. The molecule has 0 saturated heterocycles. The monoisotopic (exact) mass is 205 g/mol. The van der Waals surface area contributed by atoms with Gasteiger partial charge in [-0.2, -0.15) is 0 Å². The van der Waals surface area contributed by atoms with Crippen LogP contribution < -0.4 is 0 Å². The van der Waals surface area contributed by atoms with E-state index in [1.165, 1.54) is 5.56 Å². The Kier molecular flexibility index (Phi) is 1.50. The first kappa shape index (κ1) is 8.06. The zero-order chi connectivity index (χ0) is 9.71. The van der Waals surface area contributed by atoms with Crippen LogP contribution in [0, 0.1) is 0 Å². The SMILES string of the molecule is O=C1CCc2c[nH]c3c(Cl)ccc1c23. The van der Waals surface area contributed by atoms with E-state index in [9.17, 15) is 4.79 Å². The van der Waals surface area contributed by atoms with Crippen LogP contribution in [0.15, 0.2) is 18.3 Å². The lowest BCUT2D eigenvalue weighted by atomic mass is 9.92. The van der Waals surface area contributed by atoms with Crippen molar-refractivity contribution in [3.8, 4) is 0 Å². The Balaban J connectivity index is 2.52. The van der Waals surface area contributed by atoms with Crippen molar-refractivity contribution in [2.45, 2.75) is 12.8 Å². The second-order valence-electron chi connectivity index (χ2n) is 3.58. The van der Waals surface area contributed by atoms with Crippen molar-refractivity contribution in [3.63, 3.8) is 0 Å². The van der Waals surface area contributed by atoms with Crippen molar-refractivity contribution >= 4 is 28.3 Å². The van der Waals surface area contributed by atoms with Crippen LogP contribution in [0.4, 0.5) is 0 Å². The number of rotatable bonds is 0. The highest BCUT2D eigenvalue weighted by atomic mass is 35.5. The van der Waals surface area contributed by atoms with Crippen molar-refractivity contribution in [1.29, 1.82) is 0 Å². The molecular weight excluding hydrogens is 198 g/mol. The van der Waals surface area contributed by atoms with Gasteiger partial charge in [-0.05, 0) is 24.1 Å². The van der Waals surface area contributed by atoms with Gasteiger partial charge in [-0.1, -0.05) is 11.6 Å². The van der Waals surface area contributed by atoms with E-state index in [1.54, 1.807) is 6.07 Å². The third kappa shape index (κ3) is 0.891. The number of halogens is 1. The molecule has 0 atom stereocenters. The molecule has 2 aromatic rings. The second-order valence-corrected chi connectivity index (χ2v) is 3.99. The topological polar surface area (TPSA) is 32.9 Å². The van der Waals surface area contributed by atoms with Gasteiger partial charge < -0.3 is 4.98 Å². The molecule has 1 aliphatic carbocycles. The first-order chi connectivity index (χ1) is 6.77. The Bertz CT molecular complexity index is 541. The van der Waals surface area contributed by atoms with Crippen molar-refractivity contribution in [2.75, 3.05) is 0 Å². The van der Waals surface area contributed by atoms with Gasteiger partial charge in [-0.15, -0.1) is 0 Å². The molecule has 0 radical (unpaired) electrons. The summed E-state index contributed by atoms with van der Waals surface area (Å²) in [6.07, 6.45) is 3.39. The molecule has 2 nitrogen and oxygen atoms in total. The zero-order valence-electron chi connectivity index (χ0n) is 7.43. The van der Waals surface area contributed by atoms with E-state index in [4.69, 9.17) is 11.6 Å². The van der Waals surface area contributed by atoms with Crippen molar-refractivity contribution in [2.24, 2.45) is 0 Å². The Hall–Kier alpha value is -1.28. The van der Waals surface area contributed by atoms with Gasteiger partial charge in [0.15, 0.2) is 5.78 Å². The van der Waals surface area contributed by atoms with E-state index in [2.05, 4.69) is 4.98 Å². The van der Waals surface area contributed by atoms with Gasteiger partial charge in [0.2, 0.25) is 0 Å². The van der Waals surface area contributed by atoms with Crippen LogP contribution in [-0.4, -0.2) is 10.8 Å². The summed E-state index contributed by atoms with van der Waals surface area (Å²) in [7, 11) is 0. The maximum Gasteiger partial charge on any atom is 0.163 e. The van der Waals surface area contributed by atoms with E-state index in [0.29, 0.717) is 11.4 Å². The number of aromatic nitrogens is 1. The molecule has 0 aliphatic heterocycles. The molecule has 0 unspecified atom stereocenters. The Morgan fingerprint density at radius 3 is 3.00 bits per heavy atom. The molecule has 0 spiro atoms. The summed E-state index contributed by atoms with van der Waals surface area (Å²) in [4.78, 5) is 14.7. The molecule has 0 saturated carbocycles. The van der Waals surface area contributed by atoms with Crippen LogP contribution in [-0.2, 0) is 6.42 Å². The molecule has 3 heteroatoms. The summed E-state index contributed by atoms with van der Waals surface area (Å²) in [6.45, 7) is 0. The number of carbonyl (C=O) groups excluding carboxylic acids is 1. The predicted molar refractivity (Wildman–Crippen MR) is 56.0 cm³/mol. The Morgan fingerprint density at radius 1 is 1.29 bits per heavy atom. The minimum absolute atomic E-state index is 0.221. The van der Waals surface area contributed by atoms with E-state index < -0.39 is 0 Å². The Labute approximate surface area is 85.9 Å². The summed E-state index contributed by atoms with van der Waals surface area (Å²) in [6, 6.07) is 3.60. The second kappa shape index (κ2) is 2.61. The van der Waals surface area contributed by atoms with E-state index >= 15 is 0 Å². The first-order valence-electron chi connectivity index (χ1n) is 4.59. The molecule has 1 heterocycles. The van der Waals surface area contributed by atoms with E-state index in [-0.39, 0.29) is 5.78 Å². The van der Waals surface area contributed by atoms with Crippen LogP contribution in [0.1, 0.15) is 22.3 Å². The molecule has 1 aromatic heterocycles. The predicted octanol–water partition coefficient (Wildman–Crippen LogP) is 2.95. The molecule has 0 bridgehead atoms. The molecule has 0 fully saturated rings. The third-order valence-electron chi connectivity index (χ3n) is 2.79. The summed E-state index contributed by atoms with van der Waals surface area (Å²) >= 11 is 6.03. The highest BCUT2D eigenvalue weighted by molar-refractivity contribution is 6.36. The summed E-state index contributed by atoms with van der Waals surface area (Å²) < 4.78 is 0. The highest BCUT2D eigenvalue weighted by Crippen LogP contribution is 2.33. The molecule has 1 aliphatic rings. The van der Waals surface area contributed by atoms with Gasteiger partial charge in [0.05, 0.1) is 10.5 Å². The fourth-order valence-corrected chi connectivity index (χ4v) is 2.31. The van der Waals surface area contributed by atoms with Crippen molar-refractivity contribution in [1.82, 2.24) is 4.98 Å². The smallest absolute Gasteiger partial charge is 0.163 e. The molecule has 1 N–H and O–H groups in total. The molecule has 1 aromatic carbocycles. The number of H-pyrrole nitrogens is 1. The number of benzene rings is 1. The number of ketones is 1. The average molecular weight is 206 g/mol. The number of carbonyl (C=O) groups is 1. The fraction of sp³-hybridized carbons (Fsp3) is 0.182. The molecular formula is C11H8ClNO. The summed E-state index contributed by atoms with van der Waals surface area (Å²) in [5.41, 5.74) is 2.91. The van der Waals surface area contributed by atoms with Crippen LogP contribution in [0.25, 0.3) is 10.9 Å². The fourth-order valence-electron chi connectivity index (χ4n) is 2.10. The zero-order valence-corrected chi connectivity index (χ0v) is 8.19. The minimum Gasteiger partial charge on any atom is -0.360 e. The first-order valence-corrected chi connectivity index (χ1v) is 4.97. The lowest BCUT2D eigenvalue weighted by molar-refractivity contribution is 0.0982. The molecule has 3 rings (SSSR count). The number of Topliss-reactive ketones (excluding diaryl/α,β-unsaturated/α-hetero) is 1. The van der Waals surface area contributed by atoms with Crippen LogP contribution in [0.5, 0.6) is 0 Å². The van der Waals surface area contributed by atoms with Crippen molar-refractivity contribution in [3.05, 3.63) is 34.5 Å². The number of hydrogen-bond donors (Lipinski definition) is 1. The van der Waals surface area contributed by atoms with Gasteiger partial charge in [0, 0.05) is 23.6 Å². The average Bonchev–Trinajstić information content (AvgIpc) is 2.60. The number of aryl methyl sites for hydroxylation is 1. The molecule has 14 heavy (non-hydrogen) atoms. The summed E-state index contributed by atoms with van der Waals surface area (Å²) in [5, 5.41) is 1.71. The van der Waals surface area contributed by atoms with E-state index in [0.717, 1.165) is 22.9 Å². The van der Waals surface area contributed by atoms with E-state index in [1.807, 2.05) is 12.3 Å². The maximum atomic E-state index is 11.6. The highest BCUT2D eigenvalue weighted by Gasteiger charge is 2.21. The quantitative estimate of drug-likeness (QED) is 0.705. The van der Waals surface area contributed by atoms with Crippen molar-refractivity contribution < 1.29 is 4.79 Å². The minimum atomic E-state index is 0.221. The molecule has 70 valence electrons. The largest absolute Gasteiger partial charge is 0.360 e. The summed E-state index contributed by atoms with van der Waals surface area (Å²) in [5.74, 6) is 0.221. The van der Waals surface area contributed by atoms with Gasteiger partial charge in [-0.3, -0.25) is 4.79 Å². The maximum absolute atomic E-state index is 11.6. The lowest BCUT2D eigenvalue weighted by Crippen LogP contribution is -2.07. The third-order valence-corrected chi connectivity index (χ3v) is 3.10. The van der Waals surface area contributed by atoms with Crippen LogP contribution >= 0.6 is 11.6 Å². The Morgan fingerprint density at radius 2 is 2.14 bits per heavy atom. The number of aromatic amines is 1. The van der Waals surface area contributed by atoms with Crippen LogP contribution in [0.2, 0.25) is 5.02 Å². The molecule has 0 amide bonds. The van der Waals surface area contributed by atoms with Gasteiger partial charge in [0.1, 0.15) is 0 Å². The van der Waals surface area contributed by atoms with Gasteiger partial charge in [-0.25, -0.2) is 0 Å². The van der Waals surface area contributed by atoms with Crippen LogP contribution in [0.3, 0.4) is 0 Å². The van der Waals surface area contributed by atoms with Gasteiger partial charge >= 0.3 is 0 Å².